The normalized spacial score (nSPS) is 16.2. The Morgan fingerprint density at radius 1 is 1.03 bits per heavy atom. The Hall–Kier alpha value is -2.16. The van der Waals surface area contributed by atoms with Gasteiger partial charge in [0.2, 0.25) is 10.0 Å². The summed E-state index contributed by atoms with van der Waals surface area (Å²) < 4.78 is 42.1. The molecule has 1 atom stereocenters. The van der Waals surface area contributed by atoms with Gasteiger partial charge in [-0.1, -0.05) is 53.0 Å². The highest BCUT2D eigenvalue weighted by Crippen LogP contribution is 2.39. The number of rotatable bonds is 6. The topological polar surface area (TPSA) is 61.8 Å². The SMILES string of the molecule is Cc1ccc(F)c(S(=O)(=O)NCC2=NN(c3ccc(Cl)cc3Cl)C(c3ccc(Cl)cc3)C2)c1. The van der Waals surface area contributed by atoms with Crippen LogP contribution in [0.5, 0.6) is 0 Å². The average Bonchev–Trinajstić information content (AvgIpc) is 3.18. The minimum Gasteiger partial charge on any atom is -0.256 e. The van der Waals surface area contributed by atoms with Crippen molar-refractivity contribution in [3.05, 3.63) is 92.7 Å². The van der Waals surface area contributed by atoms with Crippen LogP contribution >= 0.6 is 34.8 Å². The van der Waals surface area contributed by atoms with E-state index in [1.54, 1.807) is 42.3 Å². The van der Waals surface area contributed by atoms with Crippen LogP contribution < -0.4 is 9.73 Å². The number of anilines is 1. The third-order valence-corrected chi connectivity index (χ3v) is 7.43. The lowest BCUT2D eigenvalue weighted by Gasteiger charge is -2.25. The molecular formula is C23H19Cl3FN3O2S. The summed E-state index contributed by atoms with van der Waals surface area (Å²) >= 11 is 18.5. The Balaban J connectivity index is 1.63. The molecule has 1 unspecified atom stereocenters. The predicted molar refractivity (Wildman–Crippen MR) is 132 cm³/mol. The fourth-order valence-corrected chi connectivity index (χ4v) is 5.38. The maximum Gasteiger partial charge on any atom is 0.243 e. The van der Waals surface area contributed by atoms with E-state index in [0.717, 1.165) is 11.6 Å². The third kappa shape index (κ3) is 5.34. The summed E-state index contributed by atoms with van der Waals surface area (Å²) in [5.41, 5.74) is 2.76. The van der Waals surface area contributed by atoms with E-state index in [2.05, 4.69) is 9.82 Å². The fraction of sp³-hybridized carbons (Fsp3) is 0.174. The molecule has 0 saturated carbocycles. The molecule has 4 rings (SSSR count). The number of hydrogen-bond acceptors (Lipinski definition) is 4. The molecular weight excluding hydrogens is 508 g/mol. The Morgan fingerprint density at radius 3 is 2.42 bits per heavy atom. The summed E-state index contributed by atoms with van der Waals surface area (Å²) in [5, 5.41) is 7.87. The number of nitrogens with zero attached hydrogens (tertiary/aromatic N) is 2. The van der Waals surface area contributed by atoms with Gasteiger partial charge in [-0.05, 0) is 60.5 Å². The van der Waals surface area contributed by atoms with Crippen molar-refractivity contribution >= 4 is 56.2 Å². The minimum atomic E-state index is -4.07. The van der Waals surface area contributed by atoms with E-state index in [4.69, 9.17) is 34.8 Å². The molecule has 3 aromatic carbocycles. The summed E-state index contributed by atoms with van der Waals surface area (Å²) in [5.74, 6) is -0.810. The average molecular weight is 527 g/mol. The van der Waals surface area contributed by atoms with E-state index >= 15 is 0 Å². The van der Waals surface area contributed by atoms with Crippen LogP contribution in [0.1, 0.15) is 23.6 Å². The first-order valence-corrected chi connectivity index (χ1v) is 12.6. The van der Waals surface area contributed by atoms with Crippen molar-refractivity contribution in [3.63, 3.8) is 0 Å². The summed E-state index contributed by atoms with van der Waals surface area (Å²) in [4.78, 5) is -0.395. The molecule has 0 bridgehead atoms. The summed E-state index contributed by atoms with van der Waals surface area (Å²) in [6.07, 6.45) is 0.430. The molecule has 0 spiro atoms. The molecule has 0 aromatic heterocycles. The molecule has 1 N–H and O–H groups in total. The van der Waals surface area contributed by atoms with Crippen molar-refractivity contribution < 1.29 is 12.8 Å². The van der Waals surface area contributed by atoms with Crippen molar-refractivity contribution in [1.29, 1.82) is 0 Å². The van der Waals surface area contributed by atoms with Gasteiger partial charge in [0.1, 0.15) is 10.7 Å². The van der Waals surface area contributed by atoms with Crippen LogP contribution in [0.2, 0.25) is 15.1 Å². The van der Waals surface area contributed by atoms with Crippen LogP contribution in [0.15, 0.2) is 70.7 Å². The van der Waals surface area contributed by atoms with Crippen molar-refractivity contribution in [3.8, 4) is 0 Å². The van der Waals surface area contributed by atoms with Crippen LogP contribution in [-0.4, -0.2) is 20.7 Å². The van der Waals surface area contributed by atoms with Gasteiger partial charge >= 0.3 is 0 Å². The number of hydrazone groups is 1. The highest BCUT2D eigenvalue weighted by Gasteiger charge is 2.31. The smallest absolute Gasteiger partial charge is 0.243 e. The van der Waals surface area contributed by atoms with Gasteiger partial charge in [-0.3, -0.25) is 5.01 Å². The second kappa shape index (κ2) is 9.60. The molecule has 0 radical (unpaired) electrons. The number of hydrogen-bond donors (Lipinski definition) is 1. The van der Waals surface area contributed by atoms with Gasteiger partial charge in [-0.2, -0.15) is 5.10 Å². The molecule has 3 aromatic rings. The molecule has 33 heavy (non-hydrogen) atoms. The van der Waals surface area contributed by atoms with E-state index < -0.39 is 20.7 Å². The standard InChI is InChI=1S/C23H19Cl3FN3O2S/c1-14-2-8-20(27)23(10-14)33(31,32)28-13-18-12-22(15-3-5-16(24)6-4-15)30(29-18)21-9-7-17(25)11-19(21)26/h2-11,22,28H,12-13H2,1H3. The number of nitrogens with one attached hydrogen (secondary N) is 1. The number of benzene rings is 3. The van der Waals surface area contributed by atoms with Gasteiger partial charge in [0.05, 0.1) is 29.0 Å². The van der Waals surface area contributed by atoms with Gasteiger partial charge in [0.15, 0.2) is 0 Å². The highest BCUT2D eigenvalue weighted by atomic mass is 35.5. The van der Waals surface area contributed by atoms with Crippen LogP contribution in [0.3, 0.4) is 0 Å². The van der Waals surface area contributed by atoms with Crippen molar-refractivity contribution in [2.24, 2.45) is 5.10 Å². The predicted octanol–water partition coefficient (Wildman–Crippen LogP) is 6.38. The first-order valence-electron chi connectivity index (χ1n) is 9.96. The molecule has 0 aliphatic carbocycles. The van der Waals surface area contributed by atoms with E-state index in [0.29, 0.717) is 38.5 Å². The van der Waals surface area contributed by atoms with Crippen molar-refractivity contribution in [2.75, 3.05) is 11.6 Å². The molecule has 172 valence electrons. The molecule has 1 aliphatic heterocycles. The lowest BCUT2D eigenvalue weighted by Crippen LogP contribution is -2.30. The maximum absolute atomic E-state index is 14.1. The molecule has 1 heterocycles. The third-order valence-electron chi connectivity index (χ3n) is 5.23. The van der Waals surface area contributed by atoms with Crippen LogP contribution in [0.4, 0.5) is 10.1 Å². The van der Waals surface area contributed by atoms with E-state index in [-0.39, 0.29) is 12.6 Å². The zero-order valence-electron chi connectivity index (χ0n) is 17.4. The van der Waals surface area contributed by atoms with Gasteiger partial charge in [0.25, 0.3) is 0 Å². The van der Waals surface area contributed by atoms with Gasteiger partial charge in [-0.15, -0.1) is 0 Å². The van der Waals surface area contributed by atoms with E-state index in [9.17, 15) is 12.8 Å². The Labute approximate surface area is 206 Å². The van der Waals surface area contributed by atoms with Crippen molar-refractivity contribution in [1.82, 2.24) is 4.72 Å². The van der Waals surface area contributed by atoms with Crippen LogP contribution in [0.25, 0.3) is 0 Å². The van der Waals surface area contributed by atoms with Crippen molar-refractivity contribution in [2.45, 2.75) is 24.3 Å². The second-order valence-corrected chi connectivity index (χ2v) is 10.7. The quantitative estimate of drug-likeness (QED) is 0.405. The summed E-state index contributed by atoms with van der Waals surface area (Å²) in [7, 11) is -4.07. The van der Waals surface area contributed by atoms with Gasteiger partial charge in [0, 0.05) is 16.5 Å². The molecule has 1 aliphatic rings. The first-order chi connectivity index (χ1) is 15.6. The summed E-state index contributed by atoms with van der Waals surface area (Å²) in [6.45, 7) is 1.62. The molecule has 5 nitrogen and oxygen atoms in total. The van der Waals surface area contributed by atoms with Gasteiger partial charge in [-0.25, -0.2) is 17.5 Å². The van der Waals surface area contributed by atoms with E-state index in [1.165, 1.54) is 12.1 Å². The zero-order valence-corrected chi connectivity index (χ0v) is 20.5. The highest BCUT2D eigenvalue weighted by molar-refractivity contribution is 7.89. The van der Waals surface area contributed by atoms with E-state index in [1.807, 2.05) is 12.1 Å². The van der Waals surface area contributed by atoms with Gasteiger partial charge < -0.3 is 0 Å². The first kappa shape index (κ1) is 24.0. The zero-order chi connectivity index (χ0) is 23.8. The lowest BCUT2D eigenvalue weighted by molar-refractivity contribution is 0.559. The number of halogens is 4. The lowest BCUT2D eigenvalue weighted by atomic mass is 10.0. The minimum absolute atomic E-state index is 0.0818. The fourth-order valence-electron chi connectivity index (χ4n) is 3.59. The Kier molecular flexibility index (Phi) is 6.98. The second-order valence-electron chi connectivity index (χ2n) is 7.64. The number of sulfonamides is 1. The maximum atomic E-state index is 14.1. The Morgan fingerprint density at radius 2 is 1.73 bits per heavy atom. The number of aryl methyl sites for hydroxylation is 1. The molecule has 0 amide bonds. The van der Waals surface area contributed by atoms with Crippen LogP contribution in [-0.2, 0) is 10.0 Å². The largest absolute Gasteiger partial charge is 0.256 e. The van der Waals surface area contributed by atoms with Crippen LogP contribution in [0, 0.1) is 12.7 Å². The molecule has 0 saturated heterocycles. The summed E-state index contributed by atoms with van der Waals surface area (Å²) in [6, 6.07) is 16.1. The monoisotopic (exact) mass is 525 g/mol. The molecule has 0 fully saturated rings. The molecule has 10 heteroatoms. The Bertz CT molecular complexity index is 1330.